The molecule has 196 valence electrons. The van der Waals surface area contributed by atoms with Crippen molar-refractivity contribution in [1.82, 2.24) is 14.8 Å². The third-order valence-electron chi connectivity index (χ3n) is 5.86. The largest absolute Gasteiger partial charge is 0.497 e. The first-order valence-electron chi connectivity index (χ1n) is 12.2. The number of aryl methyl sites for hydroxylation is 1. The maximum Gasteiger partial charge on any atom is 0.336 e. The van der Waals surface area contributed by atoms with E-state index in [-0.39, 0.29) is 18.4 Å². The van der Waals surface area contributed by atoms with Gasteiger partial charge >= 0.3 is 12.0 Å². The van der Waals surface area contributed by atoms with Gasteiger partial charge in [-0.2, -0.15) is 4.98 Å². The minimum absolute atomic E-state index is 0.162. The fraction of sp³-hybridized carbons (Fsp3) is 0.100. The van der Waals surface area contributed by atoms with Gasteiger partial charge in [0.2, 0.25) is 0 Å². The van der Waals surface area contributed by atoms with Gasteiger partial charge in [0, 0.05) is 23.0 Å². The predicted molar refractivity (Wildman–Crippen MR) is 148 cm³/mol. The van der Waals surface area contributed by atoms with Gasteiger partial charge in [-0.3, -0.25) is 0 Å². The second kappa shape index (κ2) is 11.5. The fourth-order valence-corrected chi connectivity index (χ4v) is 3.86. The van der Waals surface area contributed by atoms with Gasteiger partial charge < -0.3 is 20.1 Å². The van der Waals surface area contributed by atoms with Crippen molar-refractivity contribution in [2.24, 2.45) is 0 Å². The molecule has 1 heterocycles. The van der Waals surface area contributed by atoms with Crippen LogP contribution >= 0.6 is 0 Å². The van der Waals surface area contributed by atoms with Crippen LogP contribution in [0.15, 0.2) is 97.1 Å². The number of urea groups is 1. The Labute approximate surface area is 225 Å². The number of nitrogens with zero attached hydrogens (tertiary/aromatic N) is 3. The van der Waals surface area contributed by atoms with Crippen LogP contribution in [0.2, 0.25) is 0 Å². The van der Waals surface area contributed by atoms with Crippen molar-refractivity contribution >= 4 is 17.4 Å². The van der Waals surface area contributed by atoms with E-state index in [0.717, 1.165) is 11.1 Å². The van der Waals surface area contributed by atoms with E-state index in [2.05, 4.69) is 20.7 Å². The van der Waals surface area contributed by atoms with E-state index in [4.69, 9.17) is 9.47 Å². The number of hydrogen-bond donors (Lipinski definition) is 2. The molecule has 9 heteroatoms. The highest BCUT2D eigenvalue weighted by atomic mass is 19.1. The molecule has 0 atom stereocenters. The first-order chi connectivity index (χ1) is 19.0. The van der Waals surface area contributed by atoms with Crippen LogP contribution in [0.25, 0.3) is 17.1 Å². The number of anilines is 2. The van der Waals surface area contributed by atoms with E-state index in [0.29, 0.717) is 34.2 Å². The quantitative estimate of drug-likeness (QED) is 0.239. The van der Waals surface area contributed by atoms with Crippen LogP contribution in [0.5, 0.6) is 11.8 Å². The van der Waals surface area contributed by atoms with Crippen molar-refractivity contribution < 1.29 is 18.7 Å². The SMILES string of the molecule is COc1cccc(NC(=O)Nc2ccc(-n3nc(OCc4ccc(C)cc4)nc3-c3cccc(F)c3)cc2)c1. The van der Waals surface area contributed by atoms with Gasteiger partial charge in [-0.1, -0.05) is 48.0 Å². The maximum absolute atomic E-state index is 14.0. The highest BCUT2D eigenvalue weighted by Crippen LogP contribution is 2.26. The zero-order valence-corrected chi connectivity index (χ0v) is 21.4. The summed E-state index contributed by atoms with van der Waals surface area (Å²) in [5.74, 6) is 0.678. The van der Waals surface area contributed by atoms with Crippen LogP contribution < -0.4 is 20.1 Å². The summed E-state index contributed by atoms with van der Waals surface area (Å²) >= 11 is 0. The molecule has 0 fully saturated rings. The standard InChI is InChI=1S/C30H26FN5O3/c1-20-9-11-21(12-10-20)19-39-30-34-28(22-5-3-6-23(31)17-22)36(35-30)26-15-13-24(14-16-26)32-29(37)33-25-7-4-8-27(18-25)38-2/h3-18H,19H2,1-2H3,(H2,32,33,37). The molecule has 5 rings (SSSR count). The molecule has 2 amide bonds. The predicted octanol–water partition coefficient (Wildman–Crippen LogP) is 6.61. The topological polar surface area (TPSA) is 90.3 Å². The molecule has 0 aliphatic heterocycles. The number of ether oxygens (including phenoxy) is 2. The van der Waals surface area contributed by atoms with Crippen molar-refractivity contribution in [3.63, 3.8) is 0 Å². The van der Waals surface area contributed by atoms with Crippen LogP contribution in [0.4, 0.5) is 20.6 Å². The molecule has 8 nitrogen and oxygen atoms in total. The number of aromatic nitrogens is 3. The van der Waals surface area contributed by atoms with Crippen molar-refractivity contribution in [1.29, 1.82) is 0 Å². The van der Waals surface area contributed by atoms with Gasteiger partial charge in [0.1, 0.15) is 18.2 Å². The van der Waals surface area contributed by atoms with Gasteiger partial charge in [0.25, 0.3) is 0 Å². The number of halogens is 1. The Bertz CT molecular complexity index is 1580. The van der Waals surface area contributed by atoms with Crippen LogP contribution in [-0.2, 0) is 6.61 Å². The second-order valence-electron chi connectivity index (χ2n) is 8.77. The Balaban J connectivity index is 1.35. The minimum Gasteiger partial charge on any atom is -0.497 e. The lowest BCUT2D eigenvalue weighted by Crippen LogP contribution is -2.19. The molecule has 0 spiro atoms. The molecule has 0 saturated carbocycles. The average molecular weight is 524 g/mol. The smallest absolute Gasteiger partial charge is 0.336 e. The number of amides is 2. The Morgan fingerprint density at radius 3 is 2.38 bits per heavy atom. The summed E-state index contributed by atoms with van der Waals surface area (Å²) < 4.78 is 26.7. The molecule has 2 N–H and O–H groups in total. The van der Waals surface area contributed by atoms with Crippen molar-refractivity contribution in [3.8, 4) is 28.8 Å². The summed E-state index contributed by atoms with van der Waals surface area (Å²) in [4.78, 5) is 17.0. The Kier molecular flexibility index (Phi) is 7.49. The van der Waals surface area contributed by atoms with Crippen molar-refractivity contribution in [2.45, 2.75) is 13.5 Å². The van der Waals surface area contributed by atoms with Crippen LogP contribution in [0.3, 0.4) is 0 Å². The molecule has 0 saturated heterocycles. The third kappa shape index (κ3) is 6.40. The van der Waals surface area contributed by atoms with E-state index in [1.807, 2.05) is 31.2 Å². The van der Waals surface area contributed by atoms with Crippen molar-refractivity contribution in [2.75, 3.05) is 17.7 Å². The number of carbonyl (C=O) groups is 1. The minimum atomic E-state index is -0.399. The average Bonchev–Trinajstić information content (AvgIpc) is 3.37. The number of benzene rings is 4. The third-order valence-corrected chi connectivity index (χ3v) is 5.86. The Hall–Kier alpha value is -5.18. The summed E-state index contributed by atoms with van der Waals surface area (Å²) in [6, 6.07) is 28.0. The van der Waals surface area contributed by atoms with Gasteiger partial charge in [-0.15, -0.1) is 5.10 Å². The monoisotopic (exact) mass is 523 g/mol. The molecule has 0 radical (unpaired) electrons. The molecule has 5 aromatic rings. The lowest BCUT2D eigenvalue weighted by atomic mass is 10.2. The first kappa shape index (κ1) is 25.5. The molecular weight excluding hydrogens is 497 g/mol. The molecule has 39 heavy (non-hydrogen) atoms. The van der Waals surface area contributed by atoms with Gasteiger partial charge in [0.15, 0.2) is 5.82 Å². The number of hydrogen-bond acceptors (Lipinski definition) is 5. The summed E-state index contributed by atoms with van der Waals surface area (Å²) in [5, 5.41) is 10.1. The number of carbonyl (C=O) groups excluding carboxylic acids is 1. The second-order valence-corrected chi connectivity index (χ2v) is 8.77. The Morgan fingerprint density at radius 2 is 1.64 bits per heavy atom. The van der Waals surface area contributed by atoms with Crippen LogP contribution in [0, 0.1) is 12.7 Å². The van der Waals surface area contributed by atoms with E-state index >= 15 is 0 Å². The number of rotatable bonds is 8. The van der Waals surface area contributed by atoms with Gasteiger partial charge in [-0.05, 0) is 61.0 Å². The normalized spacial score (nSPS) is 10.6. The zero-order valence-electron chi connectivity index (χ0n) is 21.4. The van der Waals surface area contributed by atoms with Crippen molar-refractivity contribution in [3.05, 3.63) is 114 Å². The van der Waals surface area contributed by atoms with E-state index in [1.165, 1.54) is 12.1 Å². The highest BCUT2D eigenvalue weighted by molar-refractivity contribution is 5.99. The summed E-state index contributed by atoms with van der Waals surface area (Å²) in [7, 11) is 1.56. The number of nitrogens with one attached hydrogen (secondary N) is 2. The summed E-state index contributed by atoms with van der Waals surface area (Å²) in [5.41, 5.74) is 4.52. The summed E-state index contributed by atoms with van der Waals surface area (Å²) in [6.45, 7) is 2.31. The molecule has 0 aliphatic rings. The van der Waals surface area contributed by atoms with Crippen LogP contribution in [0.1, 0.15) is 11.1 Å². The van der Waals surface area contributed by atoms with Crippen LogP contribution in [-0.4, -0.2) is 27.9 Å². The van der Waals surface area contributed by atoms with Gasteiger partial charge in [-0.25, -0.2) is 13.9 Å². The molecule has 1 aromatic heterocycles. The number of methoxy groups -OCH3 is 1. The lowest BCUT2D eigenvalue weighted by Gasteiger charge is -2.10. The van der Waals surface area contributed by atoms with E-state index in [9.17, 15) is 9.18 Å². The van der Waals surface area contributed by atoms with E-state index in [1.54, 1.807) is 72.5 Å². The lowest BCUT2D eigenvalue weighted by molar-refractivity contribution is 0.262. The molecular formula is C30H26FN5O3. The highest BCUT2D eigenvalue weighted by Gasteiger charge is 2.16. The molecule has 0 unspecified atom stereocenters. The zero-order chi connectivity index (χ0) is 27.2. The summed E-state index contributed by atoms with van der Waals surface area (Å²) in [6.07, 6.45) is 0. The molecule has 0 aliphatic carbocycles. The molecule has 4 aromatic carbocycles. The molecule has 0 bridgehead atoms. The Morgan fingerprint density at radius 1 is 0.897 bits per heavy atom. The van der Waals surface area contributed by atoms with Gasteiger partial charge in [0.05, 0.1) is 12.8 Å². The maximum atomic E-state index is 14.0. The first-order valence-corrected chi connectivity index (χ1v) is 12.2. The fourth-order valence-electron chi connectivity index (χ4n) is 3.86. The van der Waals surface area contributed by atoms with E-state index < -0.39 is 6.03 Å².